The Morgan fingerprint density at radius 2 is 2.31 bits per heavy atom. The lowest BCUT2D eigenvalue weighted by Gasteiger charge is -2.09. The molecule has 0 aromatic carbocycles. The number of carbonyl (C=O) groups is 1. The summed E-state index contributed by atoms with van der Waals surface area (Å²) in [4.78, 5) is 15.7. The predicted octanol–water partition coefficient (Wildman–Crippen LogP) is 0.329. The summed E-state index contributed by atoms with van der Waals surface area (Å²) in [7, 11) is 1.40. The van der Waals surface area contributed by atoms with Crippen LogP contribution in [-0.4, -0.2) is 32.7 Å². The summed E-state index contributed by atoms with van der Waals surface area (Å²) in [6, 6.07) is 0. The van der Waals surface area contributed by atoms with Crippen LogP contribution in [0.3, 0.4) is 0 Å². The Labute approximate surface area is 91.3 Å². The van der Waals surface area contributed by atoms with E-state index in [0.717, 1.165) is 12.8 Å². The molecule has 0 aliphatic heterocycles. The molecule has 0 amide bonds. The predicted molar refractivity (Wildman–Crippen MR) is 53.7 cm³/mol. The van der Waals surface area contributed by atoms with E-state index in [1.807, 2.05) is 0 Å². The quantitative estimate of drug-likeness (QED) is 0.679. The van der Waals surface area contributed by atoms with Gasteiger partial charge in [0.2, 0.25) is 0 Å². The standard InChI is InChI=1S/C10H10N4O2/c1-16-9(15)10(2-3-10)8-13-12-7-6-11-4-5-14(7)8/h4-6H,2-3H2,1H3. The van der Waals surface area contributed by atoms with Crippen LogP contribution >= 0.6 is 0 Å². The second kappa shape index (κ2) is 3.01. The molecular weight excluding hydrogens is 208 g/mol. The van der Waals surface area contributed by atoms with E-state index in [1.54, 1.807) is 23.0 Å². The van der Waals surface area contributed by atoms with E-state index >= 15 is 0 Å². The van der Waals surface area contributed by atoms with E-state index < -0.39 is 5.41 Å². The first kappa shape index (κ1) is 9.26. The van der Waals surface area contributed by atoms with Crippen molar-refractivity contribution in [3.05, 3.63) is 24.4 Å². The molecule has 0 radical (unpaired) electrons. The second-order valence-corrected chi connectivity index (χ2v) is 3.90. The zero-order valence-corrected chi connectivity index (χ0v) is 8.75. The Balaban J connectivity index is 2.16. The molecular formula is C10H10N4O2. The van der Waals surface area contributed by atoms with Gasteiger partial charge in [0, 0.05) is 12.4 Å². The van der Waals surface area contributed by atoms with Crippen molar-refractivity contribution < 1.29 is 9.53 Å². The van der Waals surface area contributed by atoms with Gasteiger partial charge >= 0.3 is 5.97 Å². The maximum atomic E-state index is 11.7. The minimum atomic E-state index is -0.588. The summed E-state index contributed by atoms with van der Waals surface area (Å²) in [6.07, 6.45) is 6.55. The molecule has 0 bridgehead atoms. The van der Waals surface area contributed by atoms with E-state index in [4.69, 9.17) is 4.74 Å². The van der Waals surface area contributed by atoms with Crippen molar-refractivity contribution in [3.8, 4) is 0 Å². The van der Waals surface area contributed by atoms with Crippen LogP contribution in [0.1, 0.15) is 18.7 Å². The SMILES string of the molecule is COC(=O)C1(c2nnc3cnccn23)CC1. The van der Waals surface area contributed by atoms with E-state index in [9.17, 15) is 4.79 Å². The molecule has 0 saturated heterocycles. The van der Waals surface area contributed by atoms with Crippen molar-refractivity contribution in [2.24, 2.45) is 0 Å². The Hall–Kier alpha value is -1.98. The minimum absolute atomic E-state index is 0.237. The number of hydrogen-bond donors (Lipinski definition) is 0. The fourth-order valence-corrected chi connectivity index (χ4v) is 1.92. The minimum Gasteiger partial charge on any atom is -0.468 e. The molecule has 82 valence electrons. The molecule has 1 fully saturated rings. The Morgan fingerprint density at radius 3 is 3.00 bits per heavy atom. The third kappa shape index (κ3) is 1.07. The lowest BCUT2D eigenvalue weighted by Crippen LogP contribution is -2.24. The van der Waals surface area contributed by atoms with Crippen LogP contribution in [-0.2, 0) is 14.9 Å². The molecule has 2 aromatic rings. The van der Waals surface area contributed by atoms with Crippen LogP contribution in [0.4, 0.5) is 0 Å². The number of nitrogens with zero attached hydrogens (tertiary/aromatic N) is 4. The highest BCUT2D eigenvalue weighted by Gasteiger charge is 2.56. The third-order valence-corrected chi connectivity index (χ3v) is 2.97. The van der Waals surface area contributed by atoms with Crippen molar-refractivity contribution in [2.75, 3.05) is 7.11 Å². The number of carbonyl (C=O) groups excluding carboxylic acids is 1. The molecule has 0 atom stereocenters. The highest BCUT2D eigenvalue weighted by molar-refractivity contribution is 5.85. The maximum absolute atomic E-state index is 11.7. The zero-order chi connectivity index (χ0) is 11.2. The van der Waals surface area contributed by atoms with Gasteiger partial charge in [-0.15, -0.1) is 10.2 Å². The first-order chi connectivity index (χ1) is 7.78. The largest absolute Gasteiger partial charge is 0.468 e. The van der Waals surface area contributed by atoms with Crippen LogP contribution in [0.15, 0.2) is 18.6 Å². The van der Waals surface area contributed by atoms with Gasteiger partial charge in [-0.3, -0.25) is 14.2 Å². The molecule has 3 rings (SSSR count). The van der Waals surface area contributed by atoms with Gasteiger partial charge in [0.25, 0.3) is 0 Å². The van der Waals surface area contributed by atoms with E-state index in [0.29, 0.717) is 11.5 Å². The average Bonchev–Trinajstić information content (AvgIpc) is 3.02. The van der Waals surface area contributed by atoms with Gasteiger partial charge in [0.15, 0.2) is 11.5 Å². The van der Waals surface area contributed by atoms with Crippen molar-refractivity contribution in [2.45, 2.75) is 18.3 Å². The Kier molecular flexibility index (Phi) is 1.74. The first-order valence-corrected chi connectivity index (χ1v) is 5.01. The molecule has 6 heteroatoms. The van der Waals surface area contributed by atoms with Crippen LogP contribution in [0.25, 0.3) is 5.65 Å². The van der Waals surface area contributed by atoms with Crippen molar-refractivity contribution in [1.82, 2.24) is 19.6 Å². The molecule has 1 aliphatic carbocycles. The van der Waals surface area contributed by atoms with Gasteiger partial charge in [-0.05, 0) is 12.8 Å². The zero-order valence-electron chi connectivity index (χ0n) is 8.75. The summed E-state index contributed by atoms with van der Waals surface area (Å²) in [6.45, 7) is 0. The van der Waals surface area contributed by atoms with Crippen molar-refractivity contribution in [3.63, 3.8) is 0 Å². The van der Waals surface area contributed by atoms with Gasteiger partial charge in [-0.25, -0.2) is 0 Å². The molecule has 1 saturated carbocycles. The van der Waals surface area contributed by atoms with Crippen LogP contribution in [0.2, 0.25) is 0 Å². The summed E-state index contributed by atoms with van der Waals surface area (Å²) in [5, 5.41) is 8.05. The summed E-state index contributed by atoms with van der Waals surface area (Å²) >= 11 is 0. The molecule has 2 heterocycles. The monoisotopic (exact) mass is 218 g/mol. The number of hydrogen-bond acceptors (Lipinski definition) is 5. The fourth-order valence-electron chi connectivity index (χ4n) is 1.92. The number of fused-ring (bicyclic) bond motifs is 1. The number of aromatic nitrogens is 4. The number of methoxy groups -OCH3 is 1. The van der Waals surface area contributed by atoms with Gasteiger partial charge in [0.05, 0.1) is 13.3 Å². The highest BCUT2D eigenvalue weighted by Crippen LogP contribution is 2.48. The maximum Gasteiger partial charge on any atom is 0.319 e. The normalized spacial score (nSPS) is 17.3. The molecule has 0 unspecified atom stereocenters. The second-order valence-electron chi connectivity index (χ2n) is 3.90. The highest BCUT2D eigenvalue weighted by atomic mass is 16.5. The van der Waals surface area contributed by atoms with Gasteiger partial charge in [-0.2, -0.15) is 0 Å². The van der Waals surface area contributed by atoms with Crippen molar-refractivity contribution >= 4 is 11.6 Å². The molecule has 6 nitrogen and oxygen atoms in total. The van der Waals surface area contributed by atoms with E-state index in [2.05, 4.69) is 15.2 Å². The number of ether oxygens (including phenoxy) is 1. The number of esters is 1. The molecule has 16 heavy (non-hydrogen) atoms. The molecule has 0 N–H and O–H groups in total. The fraction of sp³-hybridized carbons (Fsp3) is 0.400. The summed E-state index contributed by atoms with van der Waals surface area (Å²) in [5.74, 6) is 0.412. The molecule has 2 aromatic heterocycles. The Bertz CT molecular complexity index is 559. The van der Waals surface area contributed by atoms with Crippen LogP contribution in [0, 0.1) is 0 Å². The van der Waals surface area contributed by atoms with Gasteiger partial charge in [-0.1, -0.05) is 0 Å². The topological polar surface area (TPSA) is 69.4 Å². The van der Waals surface area contributed by atoms with Crippen LogP contribution < -0.4 is 0 Å². The van der Waals surface area contributed by atoms with Gasteiger partial charge < -0.3 is 4.74 Å². The molecule has 1 aliphatic rings. The van der Waals surface area contributed by atoms with Crippen LogP contribution in [0.5, 0.6) is 0 Å². The van der Waals surface area contributed by atoms with E-state index in [1.165, 1.54) is 7.11 Å². The summed E-state index contributed by atoms with van der Waals surface area (Å²) in [5.41, 5.74) is 0.0582. The lowest BCUT2D eigenvalue weighted by atomic mass is 10.1. The van der Waals surface area contributed by atoms with Crippen molar-refractivity contribution in [1.29, 1.82) is 0 Å². The lowest BCUT2D eigenvalue weighted by molar-refractivity contribution is -0.143. The molecule has 0 spiro atoms. The van der Waals surface area contributed by atoms with E-state index in [-0.39, 0.29) is 5.97 Å². The third-order valence-electron chi connectivity index (χ3n) is 2.97. The average molecular weight is 218 g/mol. The smallest absolute Gasteiger partial charge is 0.319 e. The first-order valence-electron chi connectivity index (χ1n) is 5.01. The summed E-state index contributed by atoms with van der Waals surface area (Å²) < 4.78 is 6.60. The van der Waals surface area contributed by atoms with Gasteiger partial charge in [0.1, 0.15) is 5.41 Å². The Morgan fingerprint density at radius 1 is 1.50 bits per heavy atom. The number of rotatable bonds is 2.